The van der Waals surface area contributed by atoms with Crippen molar-refractivity contribution >= 4 is 34.6 Å². The van der Waals surface area contributed by atoms with E-state index in [4.69, 9.17) is 17.2 Å². The molecule has 3 amide bonds. The number of carboxylic acids is 1. The van der Waals surface area contributed by atoms with Crippen molar-refractivity contribution in [1.29, 1.82) is 0 Å². The summed E-state index contributed by atoms with van der Waals surface area (Å²) in [5.41, 5.74) is 18.4. The molecule has 0 radical (unpaired) electrons. The van der Waals surface area contributed by atoms with Crippen molar-refractivity contribution in [1.82, 2.24) is 20.9 Å². The molecule has 2 aromatic rings. The zero-order valence-corrected chi connectivity index (χ0v) is 21.9. The first-order chi connectivity index (χ1) is 18.2. The first-order valence-corrected chi connectivity index (χ1v) is 13.0. The average Bonchev–Trinajstić information content (AvgIpc) is 3.29. The summed E-state index contributed by atoms with van der Waals surface area (Å²) in [7, 11) is 0. The number of amides is 3. The van der Waals surface area contributed by atoms with Gasteiger partial charge in [0.1, 0.15) is 18.1 Å². The molecule has 4 unspecified atom stereocenters. The van der Waals surface area contributed by atoms with E-state index in [-0.39, 0.29) is 12.8 Å². The summed E-state index contributed by atoms with van der Waals surface area (Å²) in [5.74, 6) is -2.86. The first-order valence-electron chi connectivity index (χ1n) is 13.0. The molecular formula is C26H41N7O5. The van der Waals surface area contributed by atoms with Gasteiger partial charge in [0.05, 0.1) is 6.04 Å². The van der Waals surface area contributed by atoms with Crippen molar-refractivity contribution in [2.75, 3.05) is 13.1 Å². The van der Waals surface area contributed by atoms with Gasteiger partial charge in [0, 0.05) is 23.5 Å². The van der Waals surface area contributed by atoms with Gasteiger partial charge in [-0.05, 0) is 70.2 Å². The van der Waals surface area contributed by atoms with Gasteiger partial charge in [-0.3, -0.25) is 14.4 Å². The molecule has 38 heavy (non-hydrogen) atoms. The molecule has 0 fully saturated rings. The molecule has 0 saturated heterocycles. The van der Waals surface area contributed by atoms with Crippen LogP contribution in [0.1, 0.15) is 51.0 Å². The molecule has 1 heterocycles. The normalized spacial score (nSPS) is 14.3. The lowest BCUT2D eigenvalue weighted by molar-refractivity contribution is -0.142. The van der Waals surface area contributed by atoms with Crippen LogP contribution < -0.4 is 33.2 Å². The van der Waals surface area contributed by atoms with E-state index in [2.05, 4.69) is 20.9 Å². The second-order valence-corrected chi connectivity index (χ2v) is 9.44. The minimum Gasteiger partial charge on any atom is -0.480 e. The fourth-order valence-corrected chi connectivity index (χ4v) is 4.09. The highest BCUT2D eigenvalue weighted by Gasteiger charge is 2.30. The van der Waals surface area contributed by atoms with E-state index in [1.165, 1.54) is 6.92 Å². The molecule has 12 heteroatoms. The maximum absolute atomic E-state index is 13.2. The highest BCUT2D eigenvalue weighted by atomic mass is 16.4. The number of hydrogen-bond acceptors (Lipinski definition) is 7. The molecule has 0 saturated carbocycles. The fourth-order valence-electron chi connectivity index (χ4n) is 4.09. The van der Waals surface area contributed by atoms with E-state index >= 15 is 0 Å². The molecule has 12 nitrogen and oxygen atoms in total. The number of carbonyl (C=O) groups excluding carboxylic acids is 3. The Bertz CT molecular complexity index is 1070. The molecule has 1 aromatic carbocycles. The number of benzene rings is 1. The summed E-state index contributed by atoms with van der Waals surface area (Å²) in [4.78, 5) is 53.7. The van der Waals surface area contributed by atoms with Crippen LogP contribution in [0.3, 0.4) is 0 Å². The third kappa shape index (κ3) is 9.43. The predicted octanol–water partition coefficient (Wildman–Crippen LogP) is -0.145. The van der Waals surface area contributed by atoms with E-state index in [1.807, 2.05) is 24.3 Å². The summed E-state index contributed by atoms with van der Waals surface area (Å²) in [5, 5.41) is 18.6. The maximum atomic E-state index is 13.2. The van der Waals surface area contributed by atoms with E-state index in [0.717, 1.165) is 16.5 Å². The smallest absolute Gasteiger partial charge is 0.326 e. The Morgan fingerprint density at radius 1 is 0.842 bits per heavy atom. The van der Waals surface area contributed by atoms with Crippen molar-refractivity contribution in [3.05, 3.63) is 36.0 Å². The minimum absolute atomic E-state index is 0.0563. The van der Waals surface area contributed by atoms with E-state index < -0.39 is 47.9 Å². The molecule has 0 aliphatic heterocycles. The number of rotatable bonds is 17. The monoisotopic (exact) mass is 531 g/mol. The van der Waals surface area contributed by atoms with Crippen molar-refractivity contribution < 1.29 is 24.3 Å². The fraction of sp³-hybridized carbons (Fsp3) is 0.538. The summed E-state index contributed by atoms with van der Waals surface area (Å²) >= 11 is 0. The average molecular weight is 532 g/mol. The molecule has 0 bridgehead atoms. The van der Waals surface area contributed by atoms with Gasteiger partial charge in [0.2, 0.25) is 17.7 Å². The lowest BCUT2D eigenvalue weighted by Gasteiger charge is -2.25. The van der Waals surface area contributed by atoms with Crippen LogP contribution in [0.2, 0.25) is 0 Å². The number of aliphatic carboxylic acids is 1. The van der Waals surface area contributed by atoms with Gasteiger partial charge in [0.15, 0.2) is 0 Å². The van der Waals surface area contributed by atoms with Crippen molar-refractivity contribution in [3.63, 3.8) is 0 Å². The van der Waals surface area contributed by atoms with E-state index in [9.17, 15) is 24.3 Å². The Labute approximate surface area is 222 Å². The predicted molar refractivity (Wildman–Crippen MR) is 145 cm³/mol. The van der Waals surface area contributed by atoms with Gasteiger partial charge in [-0.1, -0.05) is 18.2 Å². The van der Waals surface area contributed by atoms with Crippen LogP contribution in [0.25, 0.3) is 10.9 Å². The van der Waals surface area contributed by atoms with Gasteiger partial charge in [-0.2, -0.15) is 0 Å². The van der Waals surface area contributed by atoms with Crippen LogP contribution in [0.5, 0.6) is 0 Å². The summed E-state index contributed by atoms with van der Waals surface area (Å²) in [6.45, 7) is 2.35. The number of nitrogens with one attached hydrogen (secondary N) is 4. The molecule has 2 rings (SSSR count). The van der Waals surface area contributed by atoms with Crippen LogP contribution in [0, 0.1) is 0 Å². The molecule has 11 N–H and O–H groups in total. The largest absolute Gasteiger partial charge is 0.480 e. The van der Waals surface area contributed by atoms with Crippen LogP contribution in [0.15, 0.2) is 30.5 Å². The Kier molecular flexibility index (Phi) is 12.7. The minimum atomic E-state index is -1.21. The van der Waals surface area contributed by atoms with Gasteiger partial charge < -0.3 is 43.2 Å². The topological polar surface area (TPSA) is 218 Å². The number of aromatic amines is 1. The number of para-hydroxylation sites is 1. The van der Waals surface area contributed by atoms with Gasteiger partial charge in [0.25, 0.3) is 0 Å². The maximum Gasteiger partial charge on any atom is 0.326 e. The summed E-state index contributed by atoms with van der Waals surface area (Å²) in [6.07, 6.45) is 4.76. The van der Waals surface area contributed by atoms with Crippen molar-refractivity contribution in [3.8, 4) is 0 Å². The number of aromatic nitrogens is 1. The molecular weight excluding hydrogens is 490 g/mol. The molecule has 4 atom stereocenters. The summed E-state index contributed by atoms with van der Waals surface area (Å²) < 4.78 is 0. The quantitative estimate of drug-likeness (QED) is 0.128. The highest BCUT2D eigenvalue weighted by Crippen LogP contribution is 2.19. The number of fused-ring (bicyclic) bond motifs is 1. The van der Waals surface area contributed by atoms with Crippen LogP contribution in [-0.4, -0.2) is 71.0 Å². The molecule has 1 aromatic heterocycles. The van der Waals surface area contributed by atoms with Gasteiger partial charge in [-0.15, -0.1) is 0 Å². The zero-order valence-electron chi connectivity index (χ0n) is 21.9. The Hall–Kier alpha value is -3.48. The number of hydrogen-bond donors (Lipinski definition) is 8. The standard InChI is InChI=1S/C26H41N7O5/c1-16(29)23(34)31-20(10-4-6-12-27)24(35)32-21(11-5-7-13-28)25(36)33-22(26(37)38)14-17-15-30-19-9-3-2-8-18(17)19/h2-3,8-9,15-16,20-22,30H,4-7,10-14,27-29H2,1H3,(H,31,34)(H,32,35)(H,33,36)(H,37,38). The molecule has 210 valence electrons. The van der Waals surface area contributed by atoms with E-state index in [0.29, 0.717) is 45.2 Å². The van der Waals surface area contributed by atoms with Gasteiger partial charge in [-0.25, -0.2) is 4.79 Å². The first kappa shape index (κ1) is 30.7. The lowest BCUT2D eigenvalue weighted by Crippen LogP contribution is -2.57. The Morgan fingerprint density at radius 3 is 1.89 bits per heavy atom. The molecule has 0 spiro atoms. The van der Waals surface area contributed by atoms with Crippen molar-refractivity contribution in [2.45, 2.75) is 76.0 Å². The number of H-pyrrole nitrogens is 1. The zero-order chi connectivity index (χ0) is 28.1. The number of carboxylic acid groups (broad SMARTS) is 1. The second-order valence-electron chi connectivity index (χ2n) is 9.44. The molecule has 0 aliphatic carbocycles. The third-order valence-electron chi connectivity index (χ3n) is 6.29. The Morgan fingerprint density at radius 2 is 1.37 bits per heavy atom. The third-order valence-corrected chi connectivity index (χ3v) is 6.29. The Balaban J connectivity index is 2.17. The lowest BCUT2D eigenvalue weighted by atomic mass is 10.0. The molecule has 0 aliphatic rings. The SMILES string of the molecule is CC(N)C(=O)NC(CCCCN)C(=O)NC(CCCCN)C(=O)NC(Cc1c[nH]c2ccccc12)C(=O)O. The van der Waals surface area contributed by atoms with Crippen LogP contribution in [0.4, 0.5) is 0 Å². The number of unbranched alkanes of at least 4 members (excludes halogenated alkanes) is 2. The highest BCUT2D eigenvalue weighted by molar-refractivity contribution is 5.94. The van der Waals surface area contributed by atoms with Gasteiger partial charge >= 0.3 is 5.97 Å². The van der Waals surface area contributed by atoms with E-state index in [1.54, 1.807) is 6.20 Å². The summed E-state index contributed by atoms with van der Waals surface area (Å²) in [6, 6.07) is 3.52. The second kappa shape index (κ2) is 15.7. The number of carbonyl (C=O) groups is 4. The van der Waals surface area contributed by atoms with Crippen molar-refractivity contribution in [2.24, 2.45) is 17.2 Å². The number of nitrogens with two attached hydrogens (primary N) is 3. The van der Waals surface area contributed by atoms with Crippen LogP contribution in [-0.2, 0) is 25.6 Å². The van der Waals surface area contributed by atoms with Crippen LogP contribution >= 0.6 is 0 Å².